The molecular weight excluding hydrogens is 282 g/mol. The van der Waals surface area contributed by atoms with Crippen LogP contribution in [0.2, 0.25) is 0 Å². The van der Waals surface area contributed by atoms with Gasteiger partial charge >= 0.3 is 5.97 Å². The van der Waals surface area contributed by atoms with Gasteiger partial charge in [0.05, 0.1) is 24.8 Å². The zero-order chi connectivity index (χ0) is 15.9. The fourth-order valence-electron chi connectivity index (χ4n) is 1.87. The number of rotatable bonds is 5. The van der Waals surface area contributed by atoms with E-state index >= 15 is 0 Å². The Morgan fingerprint density at radius 3 is 2.95 bits per heavy atom. The lowest BCUT2D eigenvalue weighted by molar-refractivity contribution is -0.137. The second kappa shape index (κ2) is 7.13. The molecule has 0 aliphatic heterocycles. The van der Waals surface area contributed by atoms with Crippen molar-refractivity contribution in [1.29, 1.82) is 5.26 Å². The molecule has 0 aliphatic carbocycles. The largest absolute Gasteiger partial charge is 0.463 e. The number of tetrazole rings is 1. The first kappa shape index (κ1) is 15.4. The topological polar surface area (TPSA) is 93.7 Å². The van der Waals surface area contributed by atoms with E-state index in [0.717, 1.165) is 11.1 Å². The fraction of sp³-hybridized carbons (Fsp3) is 0.267. The molecule has 0 spiro atoms. The highest BCUT2D eigenvalue weighted by molar-refractivity contribution is 5.87. The van der Waals surface area contributed by atoms with E-state index < -0.39 is 5.97 Å². The molecule has 0 bridgehead atoms. The predicted octanol–water partition coefficient (Wildman–Crippen LogP) is 1.48. The first-order chi connectivity index (χ1) is 10.6. The number of carbonyl (C=O) groups is 1. The van der Waals surface area contributed by atoms with Gasteiger partial charge in [0, 0.05) is 6.08 Å². The van der Waals surface area contributed by atoms with E-state index in [-0.39, 0.29) is 0 Å². The van der Waals surface area contributed by atoms with Crippen molar-refractivity contribution in [3.63, 3.8) is 0 Å². The summed E-state index contributed by atoms with van der Waals surface area (Å²) >= 11 is 0. The van der Waals surface area contributed by atoms with Gasteiger partial charge in [-0.25, -0.2) is 4.79 Å². The number of hydrogen-bond donors (Lipinski definition) is 0. The Bertz CT molecular complexity index is 743. The Kier molecular flexibility index (Phi) is 4.98. The second-order valence-corrected chi connectivity index (χ2v) is 4.48. The van der Waals surface area contributed by atoms with Crippen LogP contribution in [0.4, 0.5) is 0 Å². The Labute approximate surface area is 127 Å². The third-order valence-electron chi connectivity index (χ3n) is 2.82. The van der Waals surface area contributed by atoms with E-state index in [0.29, 0.717) is 24.5 Å². The van der Waals surface area contributed by atoms with Crippen molar-refractivity contribution in [2.45, 2.75) is 20.4 Å². The third kappa shape index (κ3) is 3.99. The monoisotopic (exact) mass is 297 g/mol. The molecule has 7 nitrogen and oxygen atoms in total. The molecule has 112 valence electrons. The zero-order valence-corrected chi connectivity index (χ0v) is 12.4. The molecular formula is C15H15N5O2. The molecule has 2 rings (SSSR count). The third-order valence-corrected chi connectivity index (χ3v) is 2.82. The molecule has 1 aromatic carbocycles. The Morgan fingerprint density at radius 2 is 2.32 bits per heavy atom. The zero-order valence-electron chi connectivity index (χ0n) is 12.4. The fourth-order valence-corrected chi connectivity index (χ4v) is 1.87. The number of ether oxygens (including phenoxy) is 1. The van der Waals surface area contributed by atoms with Crippen LogP contribution in [-0.2, 0) is 16.1 Å². The lowest BCUT2D eigenvalue weighted by atomic mass is 10.0. The predicted molar refractivity (Wildman–Crippen MR) is 78.5 cm³/mol. The molecule has 0 fully saturated rings. The van der Waals surface area contributed by atoms with Crippen LogP contribution < -0.4 is 0 Å². The van der Waals surface area contributed by atoms with Crippen LogP contribution >= 0.6 is 0 Å². The quantitative estimate of drug-likeness (QED) is 0.613. The van der Waals surface area contributed by atoms with Gasteiger partial charge in [-0.15, -0.1) is 10.2 Å². The van der Waals surface area contributed by atoms with Crippen molar-refractivity contribution < 1.29 is 9.53 Å². The standard InChI is InChI=1S/C15H15N5O2/c1-3-22-15(21)7-6-13-5-4-12(9-16)8-14(13)10-20-18-11(2)17-19-20/h4-8H,3,10H2,1-2H3/b7-6+. The van der Waals surface area contributed by atoms with Gasteiger partial charge in [0.2, 0.25) is 0 Å². The van der Waals surface area contributed by atoms with Crippen LogP contribution in [0, 0.1) is 18.3 Å². The number of benzene rings is 1. The Morgan fingerprint density at radius 1 is 1.50 bits per heavy atom. The van der Waals surface area contributed by atoms with Crippen LogP contribution in [0.1, 0.15) is 29.4 Å². The number of aromatic nitrogens is 4. The van der Waals surface area contributed by atoms with E-state index in [1.54, 1.807) is 38.1 Å². The van der Waals surface area contributed by atoms with E-state index in [9.17, 15) is 4.79 Å². The van der Waals surface area contributed by atoms with Crippen molar-refractivity contribution in [3.05, 3.63) is 46.8 Å². The van der Waals surface area contributed by atoms with E-state index in [4.69, 9.17) is 10.00 Å². The molecule has 0 N–H and O–H groups in total. The molecule has 0 unspecified atom stereocenters. The summed E-state index contributed by atoms with van der Waals surface area (Å²) in [4.78, 5) is 12.8. The number of nitriles is 1. The SMILES string of the molecule is CCOC(=O)/C=C/c1ccc(C#N)cc1Cn1nnc(C)n1. The molecule has 2 aromatic rings. The van der Waals surface area contributed by atoms with Gasteiger partial charge < -0.3 is 4.74 Å². The summed E-state index contributed by atoms with van der Waals surface area (Å²) in [5.41, 5.74) is 2.14. The molecule has 7 heteroatoms. The lowest BCUT2D eigenvalue weighted by Crippen LogP contribution is -2.06. The minimum atomic E-state index is -0.410. The van der Waals surface area contributed by atoms with Crippen LogP contribution in [0.15, 0.2) is 24.3 Å². The normalized spacial score (nSPS) is 10.6. The summed E-state index contributed by atoms with van der Waals surface area (Å²) in [5, 5.41) is 20.9. The first-order valence-electron chi connectivity index (χ1n) is 6.74. The molecule has 0 atom stereocenters. The summed E-state index contributed by atoms with van der Waals surface area (Å²) in [7, 11) is 0. The van der Waals surface area contributed by atoms with E-state index in [1.807, 2.05) is 0 Å². The Balaban J connectivity index is 2.29. The number of esters is 1. The summed E-state index contributed by atoms with van der Waals surface area (Å²) in [6.07, 6.45) is 3.01. The summed E-state index contributed by atoms with van der Waals surface area (Å²) in [6.45, 7) is 4.18. The van der Waals surface area contributed by atoms with E-state index in [2.05, 4.69) is 21.5 Å². The highest BCUT2D eigenvalue weighted by Crippen LogP contribution is 2.15. The van der Waals surface area contributed by atoms with Crippen LogP contribution in [0.25, 0.3) is 6.08 Å². The smallest absolute Gasteiger partial charge is 0.330 e. The van der Waals surface area contributed by atoms with Crippen LogP contribution in [0.5, 0.6) is 0 Å². The number of carbonyl (C=O) groups excluding carboxylic acids is 1. The minimum Gasteiger partial charge on any atom is -0.463 e. The molecule has 0 amide bonds. The van der Waals surface area contributed by atoms with Crippen molar-refractivity contribution in [1.82, 2.24) is 20.2 Å². The first-order valence-corrected chi connectivity index (χ1v) is 6.74. The summed E-state index contributed by atoms with van der Waals surface area (Å²) in [5.74, 6) is 0.160. The van der Waals surface area contributed by atoms with Gasteiger partial charge in [0.15, 0.2) is 5.82 Å². The summed E-state index contributed by atoms with van der Waals surface area (Å²) in [6, 6.07) is 7.29. The van der Waals surface area contributed by atoms with E-state index in [1.165, 1.54) is 10.9 Å². The number of aryl methyl sites for hydroxylation is 1. The summed E-state index contributed by atoms with van der Waals surface area (Å²) < 4.78 is 4.85. The van der Waals surface area contributed by atoms with Crippen molar-refractivity contribution in [2.24, 2.45) is 0 Å². The van der Waals surface area contributed by atoms with Crippen LogP contribution in [0.3, 0.4) is 0 Å². The maximum atomic E-state index is 11.4. The highest BCUT2D eigenvalue weighted by Gasteiger charge is 2.06. The van der Waals surface area contributed by atoms with Gasteiger partial charge in [-0.05, 0) is 48.4 Å². The maximum Gasteiger partial charge on any atom is 0.330 e. The molecule has 1 heterocycles. The lowest BCUT2D eigenvalue weighted by Gasteiger charge is -2.06. The van der Waals surface area contributed by atoms with Crippen molar-refractivity contribution in [3.8, 4) is 6.07 Å². The molecule has 1 aromatic heterocycles. The van der Waals surface area contributed by atoms with Gasteiger partial charge in [-0.1, -0.05) is 6.07 Å². The van der Waals surface area contributed by atoms with Crippen molar-refractivity contribution >= 4 is 12.0 Å². The Hall–Kier alpha value is -3.01. The van der Waals surface area contributed by atoms with Crippen molar-refractivity contribution in [2.75, 3.05) is 6.61 Å². The molecule has 0 saturated heterocycles. The van der Waals surface area contributed by atoms with Gasteiger partial charge in [0.25, 0.3) is 0 Å². The van der Waals surface area contributed by atoms with Gasteiger partial charge in [0.1, 0.15) is 0 Å². The highest BCUT2D eigenvalue weighted by atomic mass is 16.5. The maximum absolute atomic E-state index is 11.4. The van der Waals surface area contributed by atoms with Gasteiger partial charge in [-0.3, -0.25) is 0 Å². The molecule has 22 heavy (non-hydrogen) atoms. The minimum absolute atomic E-state index is 0.325. The molecule has 0 aliphatic rings. The number of nitrogens with zero attached hydrogens (tertiary/aromatic N) is 5. The second-order valence-electron chi connectivity index (χ2n) is 4.48. The molecule has 0 radical (unpaired) electrons. The average molecular weight is 297 g/mol. The van der Waals surface area contributed by atoms with Crippen LogP contribution in [-0.4, -0.2) is 32.8 Å². The number of hydrogen-bond acceptors (Lipinski definition) is 6. The van der Waals surface area contributed by atoms with Gasteiger partial charge in [-0.2, -0.15) is 10.1 Å². The average Bonchev–Trinajstić information content (AvgIpc) is 2.91. The molecule has 0 saturated carbocycles.